The van der Waals surface area contributed by atoms with Crippen molar-refractivity contribution in [2.45, 2.75) is 13.5 Å². The molecule has 0 radical (unpaired) electrons. The van der Waals surface area contributed by atoms with Gasteiger partial charge < -0.3 is 29.6 Å². The number of ether oxygens (including phenoxy) is 4. The molecule has 1 aromatic rings. The molecule has 0 fully saturated rings. The third kappa shape index (κ3) is 9.71. The van der Waals surface area contributed by atoms with Crippen LogP contribution in [-0.2, 0) is 16.0 Å². The van der Waals surface area contributed by atoms with Crippen molar-refractivity contribution >= 4 is 29.9 Å². The van der Waals surface area contributed by atoms with Crippen LogP contribution in [0, 0.1) is 0 Å². The molecule has 0 saturated heterocycles. The summed E-state index contributed by atoms with van der Waals surface area (Å²) in [5.41, 5.74) is 0.992. The number of nitrogens with zero attached hydrogens (tertiary/aromatic N) is 1. The maximum atomic E-state index is 5.42. The molecule has 0 aliphatic rings. The van der Waals surface area contributed by atoms with Crippen LogP contribution < -0.4 is 20.1 Å². The lowest BCUT2D eigenvalue weighted by Gasteiger charge is -2.13. The van der Waals surface area contributed by atoms with E-state index in [1.807, 2.05) is 25.1 Å². The monoisotopic (exact) mass is 467 g/mol. The van der Waals surface area contributed by atoms with Gasteiger partial charge in [0.1, 0.15) is 11.5 Å². The number of hydrogen-bond donors (Lipinski definition) is 2. The van der Waals surface area contributed by atoms with E-state index in [0.29, 0.717) is 32.9 Å². The topological polar surface area (TPSA) is 73.3 Å². The average molecular weight is 467 g/mol. The zero-order chi connectivity index (χ0) is 17.6. The Labute approximate surface area is 167 Å². The van der Waals surface area contributed by atoms with E-state index < -0.39 is 0 Å². The highest BCUT2D eigenvalue weighted by Crippen LogP contribution is 2.25. The number of aliphatic imine (C=N–C) groups is 1. The minimum atomic E-state index is 0. The Morgan fingerprint density at radius 3 is 2.48 bits per heavy atom. The van der Waals surface area contributed by atoms with Crippen molar-refractivity contribution < 1.29 is 18.9 Å². The lowest BCUT2D eigenvalue weighted by Crippen LogP contribution is -2.39. The summed E-state index contributed by atoms with van der Waals surface area (Å²) in [7, 11) is 4.93. The Bertz CT molecular complexity index is 501. The zero-order valence-electron chi connectivity index (χ0n) is 15.5. The van der Waals surface area contributed by atoms with Crippen molar-refractivity contribution in [3.05, 3.63) is 23.8 Å². The Hall–Kier alpha value is -1.26. The van der Waals surface area contributed by atoms with E-state index in [0.717, 1.165) is 29.6 Å². The molecule has 144 valence electrons. The van der Waals surface area contributed by atoms with E-state index in [1.165, 1.54) is 0 Å². The van der Waals surface area contributed by atoms with Crippen LogP contribution in [0.5, 0.6) is 11.5 Å². The molecule has 8 heteroatoms. The lowest BCUT2D eigenvalue weighted by atomic mass is 10.2. The smallest absolute Gasteiger partial charge is 0.191 e. The third-order valence-corrected chi connectivity index (χ3v) is 3.22. The number of halogens is 1. The largest absolute Gasteiger partial charge is 0.497 e. The molecular formula is C17H30IN3O4. The van der Waals surface area contributed by atoms with Gasteiger partial charge >= 0.3 is 0 Å². The van der Waals surface area contributed by atoms with Crippen molar-refractivity contribution in [1.82, 2.24) is 10.6 Å². The zero-order valence-corrected chi connectivity index (χ0v) is 17.8. The van der Waals surface area contributed by atoms with Crippen molar-refractivity contribution in [2.24, 2.45) is 4.99 Å². The summed E-state index contributed by atoms with van der Waals surface area (Å²) < 4.78 is 21.0. The van der Waals surface area contributed by atoms with E-state index in [1.54, 1.807) is 21.3 Å². The Kier molecular flexibility index (Phi) is 14.3. The number of rotatable bonds is 11. The summed E-state index contributed by atoms with van der Waals surface area (Å²) in [4.78, 5) is 4.58. The molecule has 7 nitrogen and oxygen atoms in total. The van der Waals surface area contributed by atoms with Gasteiger partial charge in [-0.2, -0.15) is 0 Å². The molecule has 0 atom stereocenters. The van der Waals surface area contributed by atoms with Crippen LogP contribution in [0.25, 0.3) is 0 Å². The maximum absolute atomic E-state index is 5.42. The SMILES string of the molecule is CCNC(=NCc1ccc(OC)cc1OC)NCCOCCOC.I. The molecule has 0 bridgehead atoms. The molecular weight excluding hydrogens is 437 g/mol. The van der Waals surface area contributed by atoms with E-state index in [2.05, 4.69) is 15.6 Å². The highest BCUT2D eigenvalue weighted by atomic mass is 127. The normalized spacial score (nSPS) is 10.8. The summed E-state index contributed by atoms with van der Waals surface area (Å²) in [5, 5.41) is 6.44. The van der Waals surface area contributed by atoms with Gasteiger partial charge in [0.15, 0.2) is 5.96 Å². The first kappa shape index (κ1) is 23.7. The van der Waals surface area contributed by atoms with Crippen LogP contribution in [0.3, 0.4) is 0 Å². The molecule has 1 rings (SSSR count). The number of guanidine groups is 1. The van der Waals surface area contributed by atoms with Crippen LogP contribution in [-0.4, -0.2) is 60.2 Å². The molecule has 0 amide bonds. The van der Waals surface area contributed by atoms with Gasteiger partial charge in [-0.15, -0.1) is 24.0 Å². The van der Waals surface area contributed by atoms with Crippen LogP contribution in [0.2, 0.25) is 0 Å². The predicted octanol–water partition coefficient (Wildman–Crippen LogP) is 2.04. The average Bonchev–Trinajstić information content (AvgIpc) is 2.62. The lowest BCUT2D eigenvalue weighted by molar-refractivity contribution is 0.0733. The van der Waals surface area contributed by atoms with Crippen molar-refractivity contribution in [2.75, 3.05) is 54.2 Å². The van der Waals surface area contributed by atoms with Crippen LogP contribution in [0.15, 0.2) is 23.2 Å². The van der Waals surface area contributed by atoms with E-state index in [4.69, 9.17) is 18.9 Å². The molecule has 0 saturated carbocycles. The molecule has 25 heavy (non-hydrogen) atoms. The van der Waals surface area contributed by atoms with Gasteiger partial charge in [0.25, 0.3) is 0 Å². The van der Waals surface area contributed by atoms with Crippen molar-refractivity contribution in [1.29, 1.82) is 0 Å². The molecule has 0 spiro atoms. The number of hydrogen-bond acceptors (Lipinski definition) is 5. The minimum Gasteiger partial charge on any atom is -0.497 e. The quantitative estimate of drug-likeness (QED) is 0.225. The predicted molar refractivity (Wildman–Crippen MR) is 110 cm³/mol. The molecule has 0 aliphatic carbocycles. The van der Waals surface area contributed by atoms with Gasteiger partial charge in [0.2, 0.25) is 0 Å². The molecule has 1 aromatic carbocycles. The van der Waals surface area contributed by atoms with Crippen molar-refractivity contribution in [3.8, 4) is 11.5 Å². The molecule has 0 aliphatic heterocycles. The Morgan fingerprint density at radius 1 is 1.04 bits per heavy atom. The number of nitrogens with one attached hydrogen (secondary N) is 2. The maximum Gasteiger partial charge on any atom is 0.191 e. The summed E-state index contributed by atoms with van der Waals surface area (Å²) in [6.07, 6.45) is 0. The summed E-state index contributed by atoms with van der Waals surface area (Å²) in [6.45, 7) is 5.79. The minimum absolute atomic E-state index is 0. The van der Waals surface area contributed by atoms with Gasteiger partial charge in [-0.25, -0.2) is 4.99 Å². The van der Waals surface area contributed by atoms with E-state index in [-0.39, 0.29) is 24.0 Å². The van der Waals surface area contributed by atoms with E-state index >= 15 is 0 Å². The number of methoxy groups -OCH3 is 3. The number of benzene rings is 1. The summed E-state index contributed by atoms with van der Waals surface area (Å²) in [5.74, 6) is 2.26. The second-order valence-electron chi connectivity index (χ2n) is 4.90. The van der Waals surface area contributed by atoms with Gasteiger partial charge in [-0.05, 0) is 19.1 Å². The molecule has 2 N–H and O–H groups in total. The van der Waals surface area contributed by atoms with Crippen molar-refractivity contribution in [3.63, 3.8) is 0 Å². The molecule has 0 aromatic heterocycles. The summed E-state index contributed by atoms with van der Waals surface area (Å²) in [6, 6.07) is 5.71. The molecule has 0 unspecified atom stereocenters. The fourth-order valence-electron chi connectivity index (χ4n) is 1.97. The van der Waals surface area contributed by atoms with Gasteiger partial charge in [-0.3, -0.25) is 0 Å². The first-order valence-corrected chi connectivity index (χ1v) is 8.04. The molecule has 0 heterocycles. The second-order valence-corrected chi connectivity index (χ2v) is 4.90. The highest BCUT2D eigenvalue weighted by Gasteiger charge is 2.05. The van der Waals surface area contributed by atoms with Gasteiger partial charge in [0, 0.05) is 31.8 Å². The Balaban J connectivity index is 0.00000576. The fourth-order valence-corrected chi connectivity index (χ4v) is 1.97. The fraction of sp³-hybridized carbons (Fsp3) is 0.588. The third-order valence-electron chi connectivity index (χ3n) is 3.22. The first-order valence-electron chi connectivity index (χ1n) is 8.04. The van der Waals surface area contributed by atoms with E-state index in [9.17, 15) is 0 Å². The van der Waals surface area contributed by atoms with Gasteiger partial charge in [0.05, 0.1) is 40.6 Å². The van der Waals surface area contributed by atoms with Gasteiger partial charge in [-0.1, -0.05) is 0 Å². The first-order chi connectivity index (χ1) is 11.7. The second kappa shape index (κ2) is 15.0. The van der Waals surface area contributed by atoms with Crippen LogP contribution in [0.1, 0.15) is 12.5 Å². The highest BCUT2D eigenvalue weighted by molar-refractivity contribution is 14.0. The standard InChI is InChI=1S/C17H29N3O4.HI/c1-5-18-17(19-8-9-24-11-10-21-2)20-13-14-6-7-15(22-3)12-16(14)23-4;/h6-7,12H,5,8-11,13H2,1-4H3,(H2,18,19,20);1H. The van der Waals surface area contributed by atoms with Crippen LogP contribution in [0.4, 0.5) is 0 Å². The van der Waals surface area contributed by atoms with Crippen LogP contribution >= 0.6 is 24.0 Å². The summed E-state index contributed by atoms with van der Waals surface area (Å²) >= 11 is 0. The Morgan fingerprint density at radius 2 is 1.84 bits per heavy atom.